The van der Waals surface area contributed by atoms with Crippen LogP contribution in [0.5, 0.6) is 0 Å². The average Bonchev–Trinajstić information content (AvgIpc) is 2.47. The molecular weight excluding hydrogens is 288 g/mol. The Balaban J connectivity index is 2.11. The van der Waals surface area contributed by atoms with Gasteiger partial charge in [0.15, 0.2) is 0 Å². The Bertz CT molecular complexity index is 557. The Morgan fingerprint density at radius 2 is 2.14 bits per heavy atom. The zero-order valence-corrected chi connectivity index (χ0v) is 13.7. The van der Waals surface area contributed by atoms with Crippen molar-refractivity contribution in [2.45, 2.75) is 38.6 Å². The van der Waals surface area contributed by atoms with Gasteiger partial charge in [-0.15, -0.1) is 0 Å². The summed E-state index contributed by atoms with van der Waals surface area (Å²) in [6.45, 7) is 3.25. The molecule has 1 aliphatic rings. The second-order valence-electron chi connectivity index (χ2n) is 5.54. The molecule has 21 heavy (non-hydrogen) atoms. The predicted octanol–water partition coefficient (Wildman–Crippen LogP) is 2.07. The third kappa shape index (κ3) is 3.85. The maximum atomic E-state index is 11.7. The smallest absolute Gasteiger partial charge is 0.302 e. The molecule has 118 valence electrons. The normalized spacial score (nSPS) is 19.8. The van der Waals surface area contributed by atoms with Gasteiger partial charge in [0.2, 0.25) is 0 Å². The van der Waals surface area contributed by atoms with Gasteiger partial charge in [0.25, 0.3) is 0 Å². The third-order valence-corrected chi connectivity index (χ3v) is 5.32. The molecule has 1 unspecified atom stereocenters. The standard InChI is InChI=1S/C14H24N4O2S/c1-4-12-7-5-6-10-18(12)13-8-9-14(15-11-13)16-21(19,20)17(2)3/h8-9,11-12H,4-7,10H2,1-3H3,(H,15,16). The lowest BCUT2D eigenvalue weighted by molar-refractivity contribution is 0.449. The number of aromatic nitrogens is 1. The van der Waals surface area contributed by atoms with E-state index in [9.17, 15) is 8.42 Å². The summed E-state index contributed by atoms with van der Waals surface area (Å²) in [6.07, 6.45) is 6.57. The Hall–Kier alpha value is -1.34. The van der Waals surface area contributed by atoms with Gasteiger partial charge in [0.1, 0.15) is 5.82 Å². The highest BCUT2D eigenvalue weighted by molar-refractivity contribution is 7.90. The van der Waals surface area contributed by atoms with Crippen LogP contribution in [0, 0.1) is 0 Å². The summed E-state index contributed by atoms with van der Waals surface area (Å²) in [6, 6.07) is 4.22. The van der Waals surface area contributed by atoms with E-state index in [4.69, 9.17) is 0 Å². The minimum atomic E-state index is -3.50. The summed E-state index contributed by atoms with van der Waals surface area (Å²) < 4.78 is 27.1. The molecule has 1 atom stereocenters. The van der Waals surface area contributed by atoms with Gasteiger partial charge in [0.05, 0.1) is 11.9 Å². The fraction of sp³-hybridized carbons (Fsp3) is 0.643. The molecule has 0 spiro atoms. The Morgan fingerprint density at radius 1 is 1.38 bits per heavy atom. The van der Waals surface area contributed by atoms with Crippen molar-refractivity contribution < 1.29 is 8.42 Å². The van der Waals surface area contributed by atoms with E-state index in [1.54, 1.807) is 12.3 Å². The molecule has 7 heteroatoms. The van der Waals surface area contributed by atoms with Crippen LogP contribution in [0.3, 0.4) is 0 Å². The van der Waals surface area contributed by atoms with Crippen molar-refractivity contribution in [3.63, 3.8) is 0 Å². The fourth-order valence-corrected chi connectivity index (χ4v) is 3.17. The van der Waals surface area contributed by atoms with Crippen molar-refractivity contribution in [3.8, 4) is 0 Å². The number of pyridine rings is 1. The van der Waals surface area contributed by atoms with Crippen molar-refractivity contribution in [1.29, 1.82) is 0 Å². The van der Waals surface area contributed by atoms with Crippen molar-refractivity contribution in [3.05, 3.63) is 18.3 Å². The molecule has 0 amide bonds. The number of rotatable bonds is 5. The van der Waals surface area contributed by atoms with Gasteiger partial charge in [0, 0.05) is 26.7 Å². The van der Waals surface area contributed by atoms with Crippen LogP contribution in [0.15, 0.2) is 18.3 Å². The highest BCUT2D eigenvalue weighted by atomic mass is 32.2. The Morgan fingerprint density at radius 3 is 2.71 bits per heavy atom. The molecule has 0 saturated carbocycles. The second kappa shape index (κ2) is 6.62. The summed E-state index contributed by atoms with van der Waals surface area (Å²) in [5.41, 5.74) is 1.06. The molecule has 1 aliphatic heterocycles. The number of nitrogens with one attached hydrogen (secondary N) is 1. The largest absolute Gasteiger partial charge is 0.367 e. The molecule has 0 aliphatic carbocycles. The Labute approximate surface area is 127 Å². The van der Waals surface area contributed by atoms with Gasteiger partial charge in [-0.05, 0) is 37.8 Å². The topological polar surface area (TPSA) is 65.5 Å². The summed E-state index contributed by atoms with van der Waals surface area (Å²) in [7, 11) is -0.532. The van der Waals surface area contributed by atoms with Gasteiger partial charge in [-0.1, -0.05) is 6.92 Å². The number of piperidine rings is 1. The number of anilines is 2. The van der Waals surface area contributed by atoms with Crippen LogP contribution in [-0.4, -0.2) is 44.4 Å². The molecule has 2 heterocycles. The van der Waals surface area contributed by atoms with Crippen LogP contribution in [0.4, 0.5) is 11.5 Å². The molecule has 6 nitrogen and oxygen atoms in total. The molecule has 1 fully saturated rings. The monoisotopic (exact) mass is 312 g/mol. The summed E-state index contributed by atoms with van der Waals surface area (Å²) in [5.74, 6) is 0.345. The highest BCUT2D eigenvalue weighted by Gasteiger charge is 2.21. The highest BCUT2D eigenvalue weighted by Crippen LogP contribution is 2.26. The van der Waals surface area contributed by atoms with E-state index < -0.39 is 10.2 Å². The van der Waals surface area contributed by atoms with E-state index in [-0.39, 0.29) is 0 Å². The maximum absolute atomic E-state index is 11.7. The molecule has 0 aromatic carbocycles. The van der Waals surface area contributed by atoms with E-state index in [1.165, 1.54) is 33.4 Å². The molecule has 1 saturated heterocycles. The summed E-state index contributed by atoms with van der Waals surface area (Å²) in [4.78, 5) is 6.61. The maximum Gasteiger partial charge on any atom is 0.302 e. The van der Waals surface area contributed by atoms with Crippen molar-refractivity contribution in [1.82, 2.24) is 9.29 Å². The third-order valence-electron chi connectivity index (χ3n) is 3.89. The van der Waals surface area contributed by atoms with Crippen LogP contribution < -0.4 is 9.62 Å². The van der Waals surface area contributed by atoms with Gasteiger partial charge < -0.3 is 4.90 Å². The minimum Gasteiger partial charge on any atom is -0.367 e. The molecule has 1 N–H and O–H groups in total. The van der Waals surface area contributed by atoms with E-state index in [2.05, 4.69) is 21.5 Å². The molecule has 0 bridgehead atoms. The van der Waals surface area contributed by atoms with Gasteiger partial charge in [-0.25, -0.2) is 4.98 Å². The first-order valence-electron chi connectivity index (χ1n) is 7.37. The second-order valence-corrected chi connectivity index (χ2v) is 7.43. The molecule has 1 aromatic heterocycles. The lowest BCUT2D eigenvalue weighted by atomic mass is 9.99. The summed E-state index contributed by atoms with van der Waals surface area (Å²) in [5, 5.41) is 0. The molecule has 0 radical (unpaired) electrons. The zero-order chi connectivity index (χ0) is 15.5. The predicted molar refractivity (Wildman–Crippen MR) is 85.7 cm³/mol. The number of nitrogens with zero attached hydrogens (tertiary/aromatic N) is 3. The molecule has 2 rings (SSSR count). The SMILES string of the molecule is CCC1CCCCN1c1ccc(NS(=O)(=O)N(C)C)nc1. The fourth-order valence-electron chi connectivity index (χ4n) is 2.60. The van der Waals surface area contributed by atoms with E-state index in [1.807, 2.05) is 6.07 Å². The lowest BCUT2D eigenvalue weighted by Crippen LogP contribution is -2.39. The minimum absolute atomic E-state index is 0.345. The first-order valence-corrected chi connectivity index (χ1v) is 8.81. The van der Waals surface area contributed by atoms with Crippen molar-refractivity contribution >= 4 is 21.7 Å². The van der Waals surface area contributed by atoms with Crippen LogP contribution in [0.2, 0.25) is 0 Å². The first-order chi connectivity index (χ1) is 9.94. The lowest BCUT2D eigenvalue weighted by Gasteiger charge is -2.37. The van der Waals surface area contributed by atoms with Crippen LogP contribution in [0.1, 0.15) is 32.6 Å². The van der Waals surface area contributed by atoms with Crippen molar-refractivity contribution in [2.24, 2.45) is 0 Å². The van der Waals surface area contributed by atoms with Crippen molar-refractivity contribution in [2.75, 3.05) is 30.3 Å². The first kappa shape index (κ1) is 16.0. The zero-order valence-electron chi connectivity index (χ0n) is 12.9. The van der Waals surface area contributed by atoms with E-state index in [0.29, 0.717) is 11.9 Å². The van der Waals surface area contributed by atoms with Crippen LogP contribution >= 0.6 is 0 Å². The van der Waals surface area contributed by atoms with Gasteiger partial charge >= 0.3 is 10.2 Å². The van der Waals surface area contributed by atoms with E-state index >= 15 is 0 Å². The quantitative estimate of drug-likeness (QED) is 0.904. The van der Waals surface area contributed by atoms with Gasteiger partial charge in [-0.2, -0.15) is 12.7 Å². The number of hydrogen-bond acceptors (Lipinski definition) is 4. The van der Waals surface area contributed by atoms with Gasteiger partial charge in [-0.3, -0.25) is 4.72 Å². The Kier molecular flexibility index (Phi) is 5.05. The molecule has 1 aromatic rings. The van der Waals surface area contributed by atoms with Crippen LogP contribution in [0.25, 0.3) is 0 Å². The van der Waals surface area contributed by atoms with E-state index in [0.717, 1.165) is 23.0 Å². The van der Waals surface area contributed by atoms with Crippen LogP contribution in [-0.2, 0) is 10.2 Å². The average molecular weight is 312 g/mol. The summed E-state index contributed by atoms with van der Waals surface area (Å²) >= 11 is 0. The molecular formula is C14H24N4O2S. The number of hydrogen-bond donors (Lipinski definition) is 1.